The van der Waals surface area contributed by atoms with E-state index >= 15 is 0 Å². The number of alkyl halides is 1. The van der Waals surface area contributed by atoms with Crippen LogP contribution in [0.4, 0.5) is 25.8 Å². The summed E-state index contributed by atoms with van der Waals surface area (Å²) in [6, 6.07) is 83.3. The Labute approximate surface area is 848 Å². The highest BCUT2D eigenvalue weighted by molar-refractivity contribution is 6.33. The van der Waals surface area contributed by atoms with Gasteiger partial charge in [0.25, 0.3) is 5.69 Å². The molecule has 141 heavy (non-hydrogen) atoms. The molecule has 0 saturated carbocycles. The molecule has 0 bridgehead atoms. The van der Waals surface area contributed by atoms with Gasteiger partial charge in [-0.1, -0.05) is 178 Å². The van der Waals surface area contributed by atoms with Crippen LogP contribution in [-0.2, 0) is 53.0 Å². The zero-order valence-electron chi connectivity index (χ0n) is 77.6. The van der Waals surface area contributed by atoms with Gasteiger partial charge in [-0.25, -0.2) is 14.4 Å². The number of fused-ring (bicyclic) bond motifs is 15. The number of methoxy groups -OCH3 is 3. The Hall–Kier alpha value is -13.8. The van der Waals surface area contributed by atoms with Crippen molar-refractivity contribution in [3.63, 3.8) is 0 Å². The summed E-state index contributed by atoms with van der Waals surface area (Å²) >= 11 is 43.5. The minimum absolute atomic E-state index is 0.00531. The van der Waals surface area contributed by atoms with Gasteiger partial charge < -0.3 is 73.8 Å². The summed E-state index contributed by atoms with van der Waals surface area (Å²) in [4.78, 5) is 86.5. The predicted molar refractivity (Wildman–Crippen MR) is 558 cm³/mol. The maximum Gasteiger partial charge on any atom is 0.412 e. The van der Waals surface area contributed by atoms with Crippen LogP contribution in [0.2, 0.25) is 30.1 Å². The van der Waals surface area contributed by atoms with E-state index in [2.05, 4.69) is 47.7 Å². The van der Waals surface area contributed by atoms with Crippen molar-refractivity contribution in [2.45, 2.75) is 95.3 Å². The third-order valence-corrected chi connectivity index (χ3v) is 27.8. The molecule has 0 radical (unpaired) electrons. The van der Waals surface area contributed by atoms with Crippen molar-refractivity contribution < 1.29 is 52.5 Å². The largest absolute Gasteiger partial charge is 0.497 e. The van der Waals surface area contributed by atoms with E-state index in [4.69, 9.17) is 110 Å². The van der Waals surface area contributed by atoms with Crippen molar-refractivity contribution in [3.05, 3.63) is 397 Å². The number of anilines is 1. The number of urea groups is 1. The summed E-state index contributed by atoms with van der Waals surface area (Å²) in [5.41, 5.74) is 22.4. The average molecular weight is 2030 g/mol. The predicted octanol–water partition coefficient (Wildman–Crippen LogP) is 27.0. The van der Waals surface area contributed by atoms with Crippen LogP contribution in [-0.4, -0.2) is 140 Å². The number of rotatable bonds is 15. The highest BCUT2D eigenvalue weighted by Gasteiger charge is 2.41. The lowest BCUT2D eigenvalue weighted by molar-refractivity contribution is -0.384. The number of hydrogen-bond acceptors (Lipinski definition) is 13. The number of ether oxygens (including phenoxy) is 6. The van der Waals surface area contributed by atoms with Crippen molar-refractivity contribution in [1.29, 1.82) is 0 Å². The molecule has 10 heterocycles. The maximum absolute atomic E-state index is 13.4. The molecule has 0 fully saturated rings. The smallest absolute Gasteiger partial charge is 0.412 e. The van der Waals surface area contributed by atoms with E-state index in [0.29, 0.717) is 71.6 Å². The Morgan fingerprint density at radius 2 is 0.794 bits per heavy atom. The number of aromatic nitrogens is 5. The van der Waals surface area contributed by atoms with E-state index in [1.807, 2.05) is 259 Å². The van der Waals surface area contributed by atoms with E-state index in [0.717, 1.165) is 182 Å². The zero-order chi connectivity index (χ0) is 98.4. The number of hydrogen-bond donors (Lipinski definition) is 7. The first kappa shape index (κ1) is 97.4. The van der Waals surface area contributed by atoms with Crippen LogP contribution in [0.25, 0.3) is 54.5 Å². The van der Waals surface area contributed by atoms with Crippen molar-refractivity contribution in [2.75, 3.05) is 66.0 Å². The number of nitro benzene ring substituents is 1. The average Bonchev–Trinajstić information content (AvgIpc) is 1.59. The van der Waals surface area contributed by atoms with Gasteiger partial charge in [0.05, 0.1) is 51.0 Å². The molecule has 6 atom stereocenters. The van der Waals surface area contributed by atoms with Gasteiger partial charge in [0, 0.05) is 171 Å². The van der Waals surface area contributed by atoms with Gasteiger partial charge in [-0.05, 0) is 265 Å². The van der Waals surface area contributed by atoms with Crippen molar-refractivity contribution in [3.8, 4) is 23.0 Å². The molecule has 5 amide bonds. The molecule has 7 N–H and O–H groups in total. The monoisotopic (exact) mass is 2020 g/mol. The fourth-order valence-electron chi connectivity index (χ4n) is 19.7. The van der Waals surface area contributed by atoms with Crippen LogP contribution in [0, 0.1) is 10.1 Å². The van der Waals surface area contributed by atoms with Crippen LogP contribution >= 0.6 is 81.2 Å². The van der Waals surface area contributed by atoms with Crippen LogP contribution in [0.5, 0.6) is 23.0 Å². The molecular weight excluding hydrogens is 1930 g/mol. The molecule has 22 rings (SSSR count). The Kier molecular flexibility index (Phi) is 29.8. The fraction of sp³-hybridized carbons (Fsp3) is 0.218. The number of amides is 5. The number of nitrogens with zero attached hydrogens (tertiary/aromatic N) is 5. The molecule has 12 aromatic carbocycles. The number of halogens is 7. The topological polar surface area (TPSA) is 283 Å². The Morgan fingerprint density at radius 3 is 1.21 bits per heavy atom. The van der Waals surface area contributed by atoms with Gasteiger partial charge in [-0.3, -0.25) is 24.7 Å². The molecule has 0 aliphatic carbocycles. The molecule has 5 aromatic heterocycles. The zero-order valence-corrected chi connectivity index (χ0v) is 82.9. The molecule has 24 nitrogen and oxygen atoms in total. The summed E-state index contributed by atoms with van der Waals surface area (Å²) in [7, 11) is 4.89. The second-order valence-electron chi connectivity index (χ2n) is 34.6. The molecule has 720 valence electrons. The van der Waals surface area contributed by atoms with Crippen LogP contribution in [0.3, 0.4) is 0 Å². The molecule has 0 saturated heterocycles. The third kappa shape index (κ3) is 21.0. The van der Waals surface area contributed by atoms with Gasteiger partial charge in [0.1, 0.15) is 41.7 Å². The van der Waals surface area contributed by atoms with Gasteiger partial charge in [0.2, 0.25) is 5.91 Å². The van der Waals surface area contributed by atoms with Crippen LogP contribution < -0.4 is 29.6 Å². The summed E-state index contributed by atoms with van der Waals surface area (Å²) in [5.74, 6) is 3.14. The van der Waals surface area contributed by atoms with Gasteiger partial charge in [0.15, 0.2) is 5.56 Å². The quantitative estimate of drug-likeness (QED) is 0.0286. The van der Waals surface area contributed by atoms with Crippen LogP contribution in [0.1, 0.15) is 141 Å². The minimum Gasteiger partial charge on any atom is -0.497 e. The van der Waals surface area contributed by atoms with Gasteiger partial charge >= 0.3 is 18.2 Å². The number of aromatic amines is 5. The number of non-ortho nitro benzene ring substituents is 1. The lowest BCUT2D eigenvalue weighted by Crippen LogP contribution is -2.43. The molecule has 5 aliphatic rings. The number of nitro groups is 1. The third-order valence-electron chi connectivity index (χ3n) is 26.2. The first-order valence-corrected chi connectivity index (χ1v) is 48.9. The van der Waals surface area contributed by atoms with E-state index in [-0.39, 0.29) is 58.9 Å². The van der Waals surface area contributed by atoms with Crippen LogP contribution in [0.15, 0.2) is 267 Å². The lowest BCUT2D eigenvalue weighted by atomic mass is 9.92. The van der Waals surface area contributed by atoms with Gasteiger partial charge in [-0.15, -0.1) is 0 Å². The fourth-order valence-corrected chi connectivity index (χ4v) is 20.8. The standard InChI is InChI=1S/C26H24ClN3O3.C26H23ClN2O2.C21H20Cl2N2O3.C20H18Cl2N2O2.C17H14ClN3O2/c1-32-19-8-3-16(4-9-19)25-24-21(22-15-17(27)5-12-23(22)29-24)13-14-30(25)26(31)28-18-6-10-20(33-2)11-7-18;1-17(30)29-14-13-22-23-15-20(27)9-12-24(23)28-25(22)26(29)19-7-10-21(11-8-19)31-16-18-5-3-2-4-6-18;1-12(22)28-21(26)25-10-9-16-17-11-14(23)5-8-18(17)24-19(16)20(25)13-3-6-15(27-2)7-4-13;1-2-26-20(25)24-10-9-13-15-11-12(21)7-8-17(15)23-18(13)19(24)14-5-3-4-6-16(14)22;18-11-3-6-15-14(9-11)13-7-8-19-16(17(13)20-15)10-1-4-12(5-2-10)21(22)23/h3-12,15,25,29H,13-14H2,1-2H3,(H,28,31);2-12,15,26,28H,13-14,16H2,1H3;3-8,11-12,20,24H,9-10H2,1-2H3;3-8,11,19,23H,2,9-10H2,1H3;1-6,9,16,19-20H,7-8H2. The Balaban J connectivity index is 0.000000117. The lowest BCUT2D eigenvalue weighted by Gasteiger charge is -2.36. The molecule has 17 aromatic rings. The summed E-state index contributed by atoms with van der Waals surface area (Å²) in [6.45, 7) is 9.11. The molecule has 0 spiro atoms. The van der Waals surface area contributed by atoms with E-state index in [1.165, 1.54) is 27.8 Å². The number of carbonyl (C=O) groups excluding carboxylic acids is 4. The number of benzene rings is 12. The normalized spacial score (nSPS) is 16.3. The number of nitrogens with one attached hydrogen (secondary N) is 7. The summed E-state index contributed by atoms with van der Waals surface area (Å²) in [5, 5.41) is 27.0. The second-order valence-corrected chi connectivity index (χ2v) is 37.8. The maximum atomic E-state index is 13.4. The number of carbonyl (C=O) groups is 4. The molecule has 6 unspecified atom stereocenters. The summed E-state index contributed by atoms with van der Waals surface area (Å²) in [6.07, 6.45) is 3.14. The molecular formula is C110H99Cl7N12O12. The first-order valence-electron chi connectivity index (χ1n) is 46.2. The molecule has 5 aliphatic heterocycles. The van der Waals surface area contributed by atoms with E-state index < -0.39 is 11.7 Å². The van der Waals surface area contributed by atoms with Crippen molar-refractivity contribution in [1.82, 2.24) is 49.8 Å². The Morgan fingerprint density at radius 1 is 0.426 bits per heavy atom. The Bertz CT molecular complexity index is 7460. The number of H-pyrrole nitrogens is 5. The van der Waals surface area contributed by atoms with Gasteiger partial charge in [-0.2, -0.15) is 0 Å². The highest BCUT2D eigenvalue weighted by atomic mass is 35.5. The van der Waals surface area contributed by atoms with Crippen molar-refractivity contribution >= 4 is 171 Å². The van der Waals surface area contributed by atoms with Crippen molar-refractivity contribution in [2.24, 2.45) is 0 Å². The highest BCUT2D eigenvalue weighted by Crippen LogP contribution is 2.47. The SMILES string of the molecule is CC(=O)N1CCc2c([nH]c3ccc(Cl)cc23)C1c1ccc(OCc2ccccc2)cc1.CCOC(=O)N1CCc2c([nH]c3ccc(Cl)cc23)C1c1ccccc1Cl.COc1ccc(C2c3[nH]c4ccc(Cl)cc4c3CCN2C(=O)OC(C)Cl)cc1.COc1ccc(NC(=O)N2CCc3c([nH]c4ccc(Cl)cc34)C2c2ccc(OC)cc2)cc1.O=[N+]([O-])c1ccc(C2NCCc3c2[nH]c2ccc(Cl)cc32)cc1. The minimum atomic E-state index is -0.702. The molecule has 31 heteroatoms. The first-order chi connectivity index (χ1) is 68.4. The van der Waals surface area contributed by atoms with E-state index in [1.54, 1.807) is 57.1 Å². The summed E-state index contributed by atoms with van der Waals surface area (Å²) < 4.78 is 32.3. The van der Waals surface area contributed by atoms with E-state index in [9.17, 15) is 29.3 Å². The second kappa shape index (κ2) is 43.1.